The first-order valence-electron chi connectivity index (χ1n) is 4.94. The van der Waals surface area contributed by atoms with Crippen LogP contribution in [0.25, 0.3) is 0 Å². The van der Waals surface area contributed by atoms with Crippen LogP contribution >= 0.6 is 0 Å². The van der Waals surface area contributed by atoms with E-state index in [1.54, 1.807) is 18.0 Å². The second-order valence-corrected chi connectivity index (χ2v) is 3.58. The van der Waals surface area contributed by atoms with E-state index in [2.05, 4.69) is 15.3 Å². The Kier molecular flexibility index (Phi) is 4.04. The number of rotatable bonds is 3. The third kappa shape index (κ3) is 3.08. The van der Waals surface area contributed by atoms with Crippen LogP contribution in [-0.4, -0.2) is 41.1 Å². The molecule has 6 heteroatoms. The lowest BCUT2D eigenvalue weighted by molar-refractivity contribution is 0.211. The van der Waals surface area contributed by atoms with Gasteiger partial charge in [0.1, 0.15) is 12.1 Å². The number of urea groups is 1. The van der Waals surface area contributed by atoms with Gasteiger partial charge in [-0.1, -0.05) is 0 Å². The van der Waals surface area contributed by atoms with E-state index < -0.39 is 0 Å². The molecular weight excluding hydrogens is 208 g/mol. The minimum Gasteiger partial charge on any atom is -0.481 e. The largest absolute Gasteiger partial charge is 0.481 e. The average molecular weight is 224 g/mol. The van der Waals surface area contributed by atoms with Crippen LogP contribution in [0, 0.1) is 0 Å². The summed E-state index contributed by atoms with van der Waals surface area (Å²) >= 11 is 0. The summed E-state index contributed by atoms with van der Waals surface area (Å²) in [6.45, 7) is 3.86. The Bertz CT molecular complexity index is 368. The zero-order chi connectivity index (χ0) is 12.1. The van der Waals surface area contributed by atoms with Crippen molar-refractivity contribution in [2.45, 2.75) is 19.9 Å². The fourth-order valence-corrected chi connectivity index (χ4v) is 0.952. The van der Waals surface area contributed by atoms with E-state index in [1.807, 2.05) is 13.8 Å². The van der Waals surface area contributed by atoms with Gasteiger partial charge in [-0.15, -0.1) is 0 Å². The van der Waals surface area contributed by atoms with E-state index >= 15 is 0 Å². The van der Waals surface area contributed by atoms with Gasteiger partial charge < -0.3 is 9.64 Å². The Labute approximate surface area is 94.6 Å². The minimum absolute atomic E-state index is 0.128. The molecule has 2 amide bonds. The fraction of sp³-hybridized carbons (Fsp3) is 0.500. The topological polar surface area (TPSA) is 67.3 Å². The standard InChI is InChI=1S/C10H16N4O2/c1-7(2)14(3)10(15)13-8-5-9(16-4)12-6-11-8/h5-7H,1-4H3,(H,11,12,13,15). The van der Waals surface area contributed by atoms with Crippen molar-refractivity contribution in [3.8, 4) is 5.88 Å². The normalized spacial score (nSPS) is 10.1. The third-order valence-corrected chi connectivity index (χ3v) is 2.18. The van der Waals surface area contributed by atoms with Crippen LogP contribution in [0.4, 0.5) is 10.6 Å². The highest BCUT2D eigenvalue weighted by Crippen LogP contribution is 2.10. The number of aromatic nitrogens is 2. The van der Waals surface area contributed by atoms with Crippen molar-refractivity contribution in [3.05, 3.63) is 12.4 Å². The van der Waals surface area contributed by atoms with Gasteiger partial charge in [0.25, 0.3) is 0 Å². The molecule has 0 bridgehead atoms. The molecule has 0 aliphatic carbocycles. The van der Waals surface area contributed by atoms with Gasteiger partial charge in [-0.2, -0.15) is 0 Å². The smallest absolute Gasteiger partial charge is 0.322 e. The fourth-order valence-electron chi connectivity index (χ4n) is 0.952. The lowest BCUT2D eigenvalue weighted by Gasteiger charge is -2.21. The summed E-state index contributed by atoms with van der Waals surface area (Å²) in [5, 5.41) is 2.65. The van der Waals surface area contributed by atoms with Crippen molar-refractivity contribution in [3.63, 3.8) is 0 Å². The Hall–Kier alpha value is -1.85. The summed E-state index contributed by atoms with van der Waals surface area (Å²) < 4.78 is 4.93. The molecule has 0 aromatic carbocycles. The molecule has 16 heavy (non-hydrogen) atoms. The number of carbonyl (C=O) groups is 1. The van der Waals surface area contributed by atoms with Crippen molar-refractivity contribution in [1.29, 1.82) is 0 Å². The van der Waals surface area contributed by atoms with E-state index in [0.717, 1.165) is 0 Å². The molecule has 1 heterocycles. The highest BCUT2D eigenvalue weighted by atomic mass is 16.5. The van der Waals surface area contributed by atoms with Gasteiger partial charge in [-0.05, 0) is 13.8 Å². The first-order chi connectivity index (χ1) is 7.54. The molecule has 6 nitrogen and oxygen atoms in total. The summed E-state index contributed by atoms with van der Waals surface area (Å²) in [6.07, 6.45) is 1.34. The van der Waals surface area contributed by atoms with Crippen LogP contribution in [0.3, 0.4) is 0 Å². The predicted octanol–water partition coefficient (Wildman–Crippen LogP) is 1.36. The zero-order valence-corrected chi connectivity index (χ0v) is 9.89. The molecule has 88 valence electrons. The summed E-state index contributed by atoms with van der Waals surface area (Å²) in [5.41, 5.74) is 0. The molecule has 0 unspecified atom stereocenters. The summed E-state index contributed by atoms with van der Waals surface area (Å²) in [5.74, 6) is 0.835. The number of ether oxygens (including phenoxy) is 1. The van der Waals surface area contributed by atoms with E-state index in [9.17, 15) is 4.79 Å². The molecule has 0 aliphatic rings. The summed E-state index contributed by atoms with van der Waals surface area (Å²) in [6, 6.07) is 1.48. The van der Waals surface area contributed by atoms with Crippen molar-refractivity contribution in [2.75, 3.05) is 19.5 Å². The lowest BCUT2D eigenvalue weighted by Crippen LogP contribution is -2.36. The number of carbonyl (C=O) groups excluding carboxylic acids is 1. The summed E-state index contributed by atoms with van der Waals surface area (Å²) in [7, 11) is 3.23. The van der Waals surface area contributed by atoms with Crippen LogP contribution in [0.15, 0.2) is 12.4 Å². The van der Waals surface area contributed by atoms with Crippen LogP contribution < -0.4 is 10.1 Å². The molecular formula is C10H16N4O2. The van der Waals surface area contributed by atoms with E-state index in [-0.39, 0.29) is 12.1 Å². The Morgan fingerprint density at radius 1 is 1.50 bits per heavy atom. The first kappa shape index (κ1) is 12.2. The van der Waals surface area contributed by atoms with Gasteiger partial charge in [0.05, 0.1) is 7.11 Å². The molecule has 0 atom stereocenters. The molecule has 1 N–H and O–H groups in total. The van der Waals surface area contributed by atoms with Crippen molar-refractivity contribution in [2.24, 2.45) is 0 Å². The molecule has 0 saturated heterocycles. The van der Waals surface area contributed by atoms with E-state index in [1.165, 1.54) is 13.4 Å². The van der Waals surface area contributed by atoms with Gasteiger partial charge in [0.2, 0.25) is 5.88 Å². The van der Waals surface area contributed by atoms with Gasteiger partial charge in [-0.25, -0.2) is 14.8 Å². The number of amides is 2. The van der Waals surface area contributed by atoms with Crippen LogP contribution in [0.1, 0.15) is 13.8 Å². The molecule has 0 spiro atoms. The number of hydrogen-bond donors (Lipinski definition) is 1. The number of nitrogens with one attached hydrogen (secondary N) is 1. The Morgan fingerprint density at radius 3 is 2.75 bits per heavy atom. The quantitative estimate of drug-likeness (QED) is 0.841. The second-order valence-electron chi connectivity index (χ2n) is 3.58. The Balaban J connectivity index is 2.69. The maximum atomic E-state index is 11.7. The molecule has 1 aromatic rings. The number of methoxy groups -OCH3 is 1. The number of hydrogen-bond acceptors (Lipinski definition) is 4. The maximum absolute atomic E-state index is 11.7. The molecule has 0 saturated carbocycles. The molecule has 0 fully saturated rings. The van der Waals surface area contributed by atoms with Crippen LogP contribution in [-0.2, 0) is 0 Å². The first-order valence-corrected chi connectivity index (χ1v) is 4.94. The molecule has 0 radical (unpaired) electrons. The van der Waals surface area contributed by atoms with Crippen LogP contribution in [0.5, 0.6) is 5.88 Å². The van der Waals surface area contributed by atoms with Gasteiger partial charge in [-0.3, -0.25) is 5.32 Å². The SMILES string of the molecule is COc1cc(NC(=O)N(C)C(C)C)ncn1. The Morgan fingerprint density at radius 2 is 2.19 bits per heavy atom. The highest BCUT2D eigenvalue weighted by Gasteiger charge is 2.12. The van der Waals surface area contributed by atoms with E-state index in [0.29, 0.717) is 11.7 Å². The van der Waals surface area contributed by atoms with Crippen molar-refractivity contribution in [1.82, 2.24) is 14.9 Å². The second kappa shape index (κ2) is 5.29. The van der Waals surface area contributed by atoms with Gasteiger partial charge in [0, 0.05) is 19.2 Å². The minimum atomic E-state index is -0.212. The predicted molar refractivity (Wildman–Crippen MR) is 60.5 cm³/mol. The molecule has 0 aliphatic heterocycles. The average Bonchev–Trinajstić information content (AvgIpc) is 2.28. The van der Waals surface area contributed by atoms with Crippen molar-refractivity contribution >= 4 is 11.8 Å². The number of anilines is 1. The molecule has 1 aromatic heterocycles. The highest BCUT2D eigenvalue weighted by molar-refractivity contribution is 5.88. The van der Waals surface area contributed by atoms with Gasteiger partial charge >= 0.3 is 6.03 Å². The molecule has 1 rings (SSSR count). The van der Waals surface area contributed by atoms with E-state index in [4.69, 9.17) is 4.74 Å². The van der Waals surface area contributed by atoms with Crippen LogP contribution in [0.2, 0.25) is 0 Å². The maximum Gasteiger partial charge on any atom is 0.322 e. The monoisotopic (exact) mass is 224 g/mol. The summed E-state index contributed by atoms with van der Waals surface area (Å²) in [4.78, 5) is 21.0. The number of nitrogens with zero attached hydrogens (tertiary/aromatic N) is 3. The third-order valence-electron chi connectivity index (χ3n) is 2.18. The lowest BCUT2D eigenvalue weighted by atomic mass is 10.4. The van der Waals surface area contributed by atoms with Crippen molar-refractivity contribution < 1.29 is 9.53 Å². The zero-order valence-electron chi connectivity index (χ0n) is 9.89. The van der Waals surface area contributed by atoms with Gasteiger partial charge in [0.15, 0.2) is 0 Å².